The maximum atomic E-state index is 14.9. The van der Waals surface area contributed by atoms with E-state index < -0.39 is 62.7 Å². The van der Waals surface area contributed by atoms with E-state index in [1.807, 2.05) is 39.0 Å². The van der Waals surface area contributed by atoms with Crippen LogP contribution >= 0.6 is 0 Å². The van der Waals surface area contributed by atoms with Crippen molar-refractivity contribution in [2.75, 3.05) is 46.2 Å². The van der Waals surface area contributed by atoms with Crippen LogP contribution < -0.4 is 10.7 Å². The van der Waals surface area contributed by atoms with Gasteiger partial charge in [-0.05, 0) is 118 Å². The van der Waals surface area contributed by atoms with Gasteiger partial charge in [-0.25, -0.2) is 22.9 Å². The average Bonchev–Trinajstić information content (AvgIpc) is 3.93. The largest absolute Gasteiger partial charge is 0.508 e. The first-order valence-corrected chi connectivity index (χ1v) is 25.5. The molecule has 4 aromatic rings. The maximum absolute atomic E-state index is 14.9. The number of hydrogen-bond donors (Lipinski definition) is 3. The highest BCUT2D eigenvalue weighted by Crippen LogP contribution is 2.42. The summed E-state index contributed by atoms with van der Waals surface area (Å²) in [6, 6.07) is 13.1. The molecule has 3 amide bonds. The van der Waals surface area contributed by atoms with Gasteiger partial charge < -0.3 is 29.4 Å². The summed E-state index contributed by atoms with van der Waals surface area (Å²) in [5, 5.41) is 16.7. The van der Waals surface area contributed by atoms with Crippen molar-refractivity contribution >= 4 is 44.6 Å². The fourth-order valence-electron chi connectivity index (χ4n) is 10.3. The Labute approximate surface area is 400 Å². The molecule has 2 fully saturated rings. The second-order valence-electron chi connectivity index (χ2n) is 20.1. The number of nitrogens with zero attached hydrogens (tertiary/aromatic N) is 5. The molecule has 0 spiro atoms. The van der Waals surface area contributed by atoms with Crippen LogP contribution in [0, 0.1) is 17.3 Å². The van der Waals surface area contributed by atoms with E-state index in [2.05, 4.69) is 54.3 Å². The molecule has 0 unspecified atom stereocenters. The van der Waals surface area contributed by atoms with E-state index in [-0.39, 0.29) is 56.2 Å². The predicted octanol–water partition coefficient (Wildman–Crippen LogP) is 6.00. The van der Waals surface area contributed by atoms with Crippen LogP contribution in [0.15, 0.2) is 54.7 Å². The summed E-state index contributed by atoms with van der Waals surface area (Å²) in [5.41, 5.74) is 8.17. The molecule has 5 heterocycles. The number of aromatic nitrogens is 2. The molecule has 6 bridgehead atoms. The number of hydrazine groups is 1. The van der Waals surface area contributed by atoms with Gasteiger partial charge >= 0.3 is 5.97 Å². The number of pyridine rings is 1. The smallest absolute Gasteiger partial charge is 0.327 e. The number of aryl methyl sites for hydroxylation is 1. The number of ether oxygens (including phenoxy) is 2. The Hall–Kier alpha value is -5.36. The molecule has 0 saturated carbocycles. The number of likely N-dealkylation sites (N-methyl/N-ethyl adjacent to an activating group) is 1. The van der Waals surface area contributed by atoms with Gasteiger partial charge in [-0.15, -0.1) is 0 Å². The van der Waals surface area contributed by atoms with Crippen molar-refractivity contribution in [3.05, 3.63) is 71.5 Å². The number of nitrogens with one attached hydrogen (secondary N) is 2. The number of rotatable bonds is 11. The third kappa shape index (κ3) is 10.2. The SMILES string of the molecule is CCn1c(-c2cccnc2[C@H](C)OC)c2c3cc(ccc31)-c1cc(O)cc(c1)C[C@H](NC(=O)[C@H](C(C)C)N(C)C(=O)[C@H]1CCN(S(=O)(=O)CC)C1)C(=O)N1CCC[C@@](C)(N1)C(=O)OCC(C)(C)C2. The minimum absolute atomic E-state index is 0.0289. The highest BCUT2D eigenvalue weighted by molar-refractivity contribution is 7.89. The number of phenolic OH excluding ortho intramolecular Hbond substituents is 1. The number of amides is 3. The zero-order valence-corrected chi connectivity index (χ0v) is 42.0. The van der Waals surface area contributed by atoms with E-state index in [0.717, 1.165) is 39.0 Å². The molecule has 68 heavy (non-hydrogen) atoms. The Morgan fingerprint density at radius 2 is 1.81 bits per heavy atom. The van der Waals surface area contributed by atoms with Gasteiger partial charge in [0, 0.05) is 74.8 Å². The van der Waals surface area contributed by atoms with E-state index in [1.165, 1.54) is 21.3 Å². The van der Waals surface area contributed by atoms with Gasteiger partial charge in [-0.1, -0.05) is 39.8 Å². The van der Waals surface area contributed by atoms with Crippen LogP contribution in [0.2, 0.25) is 0 Å². The first kappa shape index (κ1) is 50.5. The minimum Gasteiger partial charge on any atom is -0.508 e. The van der Waals surface area contributed by atoms with Crippen molar-refractivity contribution in [3.8, 4) is 28.1 Å². The fourth-order valence-corrected chi connectivity index (χ4v) is 11.4. The average molecular weight is 956 g/mol. The number of benzene rings is 2. The van der Waals surface area contributed by atoms with Crippen LogP contribution in [0.4, 0.5) is 0 Å². The van der Waals surface area contributed by atoms with Gasteiger partial charge in [-0.2, -0.15) is 0 Å². The standard InChI is InChI=1S/C51H69N7O9S/c1-11-57-42-17-16-34-27-39(42)40(45(57)38-15-13-20-52-43(38)32(5)66-10)28-50(6,7)30-67-49(63)51(8)19-14-21-58(54-51)48(62)41(25-33-23-36(34)26-37(59)24-33)53-46(60)44(31(3)4)55(9)47(61)35-18-22-56(29-35)68(64,65)12-2/h13,15-17,20,23-24,26-27,31-32,35,41,44,54,59H,11-12,14,18-19,21-22,25,28-30H2,1-10H3,(H,53,60)/t32-,35-,41-,44-,51+/m0/s1. The third-order valence-corrected chi connectivity index (χ3v) is 15.9. The Balaban J connectivity index is 1.32. The van der Waals surface area contributed by atoms with Crippen molar-refractivity contribution in [3.63, 3.8) is 0 Å². The van der Waals surface area contributed by atoms with Gasteiger partial charge in [0.1, 0.15) is 23.4 Å². The number of phenols is 1. The second kappa shape index (κ2) is 19.9. The third-order valence-electron chi connectivity index (χ3n) is 14.0. The van der Waals surface area contributed by atoms with Crippen LogP contribution in [0.3, 0.4) is 0 Å². The van der Waals surface area contributed by atoms with Gasteiger partial charge in [0.05, 0.1) is 35.8 Å². The maximum Gasteiger partial charge on any atom is 0.327 e. The number of methoxy groups -OCH3 is 1. The number of aromatic hydroxyl groups is 1. The van der Waals surface area contributed by atoms with Crippen molar-refractivity contribution in [2.45, 2.75) is 118 Å². The second-order valence-corrected chi connectivity index (χ2v) is 22.4. The number of carbonyl (C=O) groups is 4. The van der Waals surface area contributed by atoms with Crippen molar-refractivity contribution in [1.82, 2.24) is 34.5 Å². The van der Waals surface area contributed by atoms with E-state index >= 15 is 0 Å². The zero-order chi connectivity index (χ0) is 49.5. The number of hydrogen-bond acceptors (Lipinski definition) is 11. The van der Waals surface area contributed by atoms with E-state index in [1.54, 1.807) is 39.3 Å². The van der Waals surface area contributed by atoms with Crippen LogP contribution in [0.25, 0.3) is 33.3 Å². The number of fused-ring (bicyclic) bond motifs is 6. The van der Waals surface area contributed by atoms with Gasteiger partial charge in [-0.3, -0.25) is 24.4 Å². The molecule has 368 valence electrons. The van der Waals surface area contributed by atoms with Crippen LogP contribution in [0.1, 0.15) is 97.6 Å². The summed E-state index contributed by atoms with van der Waals surface area (Å²) >= 11 is 0. The molecule has 2 aromatic heterocycles. The fraction of sp³-hybridized carbons (Fsp3) is 0.549. The first-order valence-electron chi connectivity index (χ1n) is 23.9. The Bertz CT molecular complexity index is 2680. The molecule has 3 aliphatic heterocycles. The molecular formula is C51H69N7O9S. The lowest BCUT2D eigenvalue weighted by Gasteiger charge is -2.41. The molecule has 2 saturated heterocycles. The monoisotopic (exact) mass is 955 g/mol. The molecule has 16 nitrogen and oxygen atoms in total. The summed E-state index contributed by atoms with van der Waals surface area (Å²) in [4.78, 5) is 63.9. The van der Waals surface area contributed by atoms with Crippen molar-refractivity contribution < 1.29 is 42.2 Å². The quantitative estimate of drug-likeness (QED) is 0.150. The normalized spacial score (nSPS) is 22.4. The number of carbonyl (C=O) groups excluding carboxylic acids is 4. The van der Waals surface area contributed by atoms with Crippen LogP contribution in [-0.2, 0) is 58.1 Å². The molecule has 7 rings (SSSR count). The molecule has 0 aliphatic carbocycles. The summed E-state index contributed by atoms with van der Waals surface area (Å²) in [6.07, 6.45) is 3.14. The number of sulfonamides is 1. The molecule has 2 aromatic carbocycles. The van der Waals surface area contributed by atoms with Crippen molar-refractivity contribution in [1.29, 1.82) is 0 Å². The summed E-state index contributed by atoms with van der Waals surface area (Å²) in [5.74, 6) is -3.08. The van der Waals surface area contributed by atoms with Gasteiger partial charge in [0.2, 0.25) is 21.8 Å². The van der Waals surface area contributed by atoms with Crippen LogP contribution in [-0.4, -0.2) is 125 Å². The molecule has 17 heteroatoms. The van der Waals surface area contributed by atoms with E-state index in [4.69, 9.17) is 14.5 Å². The van der Waals surface area contributed by atoms with Crippen molar-refractivity contribution in [2.24, 2.45) is 17.3 Å². The number of esters is 1. The Morgan fingerprint density at radius 1 is 1.06 bits per heavy atom. The molecule has 5 atom stereocenters. The highest BCUT2D eigenvalue weighted by Gasteiger charge is 2.44. The lowest BCUT2D eigenvalue weighted by atomic mass is 9.84. The molecule has 3 N–H and O–H groups in total. The Morgan fingerprint density at radius 3 is 2.50 bits per heavy atom. The molecular weight excluding hydrogens is 887 g/mol. The number of cyclic esters (lactones) is 1. The van der Waals surface area contributed by atoms with Gasteiger partial charge in [0.15, 0.2) is 0 Å². The Kier molecular flexibility index (Phi) is 14.8. The van der Waals surface area contributed by atoms with E-state index in [9.17, 15) is 32.7 Å². The lowest BCUT2D eigenvalue weighted by Crippen LogP contribution is -2.66. The van der Waals surface area contributed by atoms with Crippen LogP contribution in [0.5, 0.6) is 5.75 Å². The summed E-state index contributed by atoms with van der Waals surface area (Å²) < 4.78 is 40.9. The summed E-state index contributed by atoms with van der Waals surface area (Å²) in [6.45, 7) is 16.3. The molecule has 3 aliphatic rings. The molecule has 0 radical (unpaired) electrons. The first-order chi connectivity index (χ1) is 32.1. The lowest BCUT2D eigenvalue weighted by molar-refractivity contribution is -0.162. The zero-order valence-electron chi connectivity index (χ0n) is 41.2. The van der Waals surface area contributed by atoms with Gasteiger partial charge in [0.25, 0.3) is 5.91 Å². The predicted molar refractivity (Wildman–Crippen MR) is 260 cm³/mol. The van der Waals surface area contributed by atoms with E-state index in [0.29, 0.717) is 43.4 Å². The highest BCUT2D eigenvalue weighted by atomic mass is 32.2. The minimum atomic E-state index is -3.50. The topological polar surface area (TPSA) is 193 Å². The summed E-state index contributed by atoms with van der Waals surface area (Å²) in [7, 11) is -0.296.